The molecule has 0 aliphatic carbocycles. The summed E-state index contributed by atoms with van der Waals surface area (Å²) in [5.74, 6) is -2.63. The van der Waals surface area contributed by atoms with Gasteiger partial charge in [-0.05, 0) is 18.8 Å². The second-order valence-electron chi connectivity index (χ2n) is 6.33. The highest BCUT2D eigenvalue weighted by molar-refractivity contribution is 6.12. The van der Waals surface area contributed by atoms with Crippen LogP contribution in [0.2, 0.25) is 0 Å². The molecule has 1 heterocycles. The zero-order chi connectivity index (χ0) is 19.2. The van der Waals surface area contributed by atoms with Gasteiger partial charge < -0.3 is 5.11 Å². The Morgan fingerprint density at radius 2 is 1.72 bits per heavy atom. The molecule has 1 rings (SSSR count). The number of aliphatic carboxylic acids is 1. The largest absolute Gasteiger partial charge is 0.480 e. The Hall–Kier alpha value is -1.90. The van der Waals surface area contributed by atoms with Crippen LogP contribution in [-0.2, 0) is 14.4 Å². The maximum atomic E-state index is 13.1. The van der Waals surface area contributed by atoms with Crippen LogP contribution in [0.3, 0.4) is 0 Å². The van der Waals surface area contributed by atoms with E-state index in [4.69, 9.17) is 5.11 Å². The Morgan fingerprint density at radius 1 is 1.16 bits per heavy atom. The number of rotatable bonds is 10. The summed E-state index contributed by atoms with van der Waals surface area (Å²) in [4.78, 5) is 34.8. The first kappa shape index (κ1) is 21.1. The Morgan fingerprint density at radius 3 is 2.16 bits per heavy atom. The lowest BCUT2D eigenvalue weighted by Crippen LogP contribution is -2.52. The van der Waals surface area contributed by atoms with Crippen molar-refractivity contribution in [1.82, 2.24) is 10.2 Å². The van der Waals surface area contributed by atoms with Gasteiger partial charge in [0.15, 0.2) is 0 Å². The van der Waals surface area contributed by atoms with Crippen molar-refractivity contribution in [3.05, 3.63) is 12.2 Å². The van der Waals surface area contributed by atoms with E-state index in [-0.39, 0.29) is 19.4 Å². The van der Waals surface area contributed by atoms with E-state index in [0.29, 0.717) is 12.8 Å². The summed E-state index contributed by atoms with van der Waals surface area (Å²) in [6, 6.07) is -3.19. The highest BCUT2D eigenvalue weighted by Crippen LogP contribution is 2.25. The molecule has 2 atom stereocenters. The molecule has 0 bridgehead atoms. The third kappa shape index (κ3) is 6.49. The van der Waals surface area contributed by atoms with Crippen molar-refractivity contribution in [2.45, 2.75) is 57.8 Å². The number of carbonyl (C=O) groups excluding carboxylic acids is 2. The molecule has 2 N–H and O–H groups in total. The summed E-state index contributed by atoms with van der Waals surface area (Å²) in [5.41, 5.74) is 0. The lowest BCUT2D eigenvalue weighted by Gasteiger charge is -2.27. The van der Waals surface area contributed by atoms with Gasteiger partial charge in [0, 0.05) is 18.7 Å². The van der Waals surface area contributed by atoms with E-state index < -0.39 is 42.0 Å². The van der Waals surface area contributed by atoms with Gasteiger partial charge in [-0.2, -0.15) is 13.2 Å². The number of hydrogen-bond donors (Lipinski definition) is 2. The fraction of sp³-hybridized carbons (Fsp3) is 0.688. The van der Waals surface area contributed by atoms with E-state index in [1.54, 1.807) is 0 Å². The van der Waals surface area contributed by atoms with E-state index in [0.717, 1.165) is 17.1 Å². The molecule has 1 aliphatic rings. The molecule has 0 spiro atoms. The molecule has 0 unspecified atom stereocenters. The van der Waals surface area contributed by atoms with Crippen molar-refractivity contribution >= 4 is 17.8 Å². The minimum atomic E-state index is -4.55. The molecule has 9 heteroatoms. The SMILES string of the molecule is CC(C)[C@H](N[C@@H](CCCCCN1C(=O)C=CC1=O)C(F)(F)F)C(=O)O. The number of carboxylic acid groups (broad SMARTS) is 1. The van der Waals surface area contributed by atoms with Crippen LogP contribution in [0.1, 0.15) is 39.5 Å². The Balaban J connectivity index is 2.45. The first-order valence-corrected chi connectivity index (χ1v) is 8.13. The first-order chi connectivity index (χ1) is 11.5. The summed E-state index contributed by atoms with van der Waals surface area (Å²) in [7, 11) is 0. The number of nitrogens with zero attached hydrogens (tertiary/aromatic N) is 1. The minimum absolute atomic E-state index is 0.165. The van der Waals surface area contributed by atoms with E-state index in [1.165, 1.54) is 13.8 Å². The summed E-state index contributed by atoms with van der Waals surface area (Å²) in [5, 5.41) is 11.2. The molecule has 0 saturated carbocycles. The molecule has 0 saturated heterocycles. The van der Waals surface area contributed by atoms with Gasteiger partial charge in [-0.3, -0.25) is 24.6 Å². The summed E-state index contributed by atoms with van der Waals surface area (Å²) >= 11 is 0. The number of nitrogens with one attached hydrogen (secondary N) is 1. The minimum Gasteiger partial charge on any atom is -0.480 e. The highest BCUT2D eigenvalue weighted by Gasteiger charge is 2.41. The average Bonchev–Trinajstić information content (AvgIpc) is 2.79. The maximum Gasteiger partial charge on any atom is 0.403 e. The summed E-state index contributed by atoms with van der Waals surface area (Å²) in [6.07, 6.45) is -1.51. The van der Waals surface area contributed by atoms with Crippen molar-refractivity contribution in [3.8, 4) is 0 Å². The van der Waals surface area contributed by atoms with Crippen LogP contribution in [0.15, 0.2) is 12.2 Å². The first-order valence-electron chi connectivity index (χ1n) is 8.13. The number of halogens is 3. The molecule has 0 aromatic rings. The zero-order valence-corrected chi connectivity index (χ0v) is 14.2. The Labute approximate surface area is 144 Å². The molecule has 6 nitrogen and oxygen atoms in total. The van der Waals surface area contributed by atoms with Crippen molar-refractivity contribution in [1.29, 1.82) is 0 Å². The second kappa shape index (κ2) is 8.98. The van der Waals surface area contributed by atoms with Gasteiger partial charge in [0.2, 0.25) is 0 Å². The summed E-state index contributed by atoms with van der Waals surface area (Å²) in [6.45, 7) is 3.24. The summed E-state index contributed by atoms with van der Waals surface area (Å²) < 4.78 is 39.3. The quantitative estimate of drug-likeness (QED) is 0.458. The smallest absolute Gasteiger partial charge is 0.403 e. The number of alkyl halides is 3. The molecule has 1 aliphatic heterocycles. The molecule has 142 valence electrons. The topological polar surface area (TPSA) is 86.7 Å². The van der Waals surface area contributed by atoms with E-state index >= 15 is 0 Å². The van der Waals surface area contributed by atoms with Crippen LogP contribution < -0.4 is 5.32 Å². The number of imide groups is 1. The normalized spacial score (nSPS) is 17.4. The predicted molar refractivity (Wildman–Crippen MR) is 83.6 cm³/mol. The molecule has 0 aromatic heterocycles. The number of carboxylic acids is 1. The van der Waals surface area contributed by atoms with Gasteiger partial charge in [0.05, 0.1) is 0 Å². The third-order valence-corrected chi connectivity index (χ3v) is 3.98. The van der Waals surface area contributed by atoms with Gasteiger partial charge in [-0.25, -0.2) is 0 Å². The molecular formula is C16H23F3N2O4. The highest BCUT2D eigenvalue weighted by atomic mass is 19.4. The van der Waals surface area contributed by atoms with Gasteiger partial charge in [-0.15, -0.1) is 0 Å². The number of unbranched alkanes of at least 4 members (excludes halogenated alkanes) is 2. The van der Waals surface area contributed by atoms with Crippen LogP contribution in [-0.4, -0.2) is 52.6 Å². The Bertz CT molecular complexity index is 514. The van der Waals surface area contributed by atoms with Gasteiger partial charge >= 0.3 is 12.1 Å². The fourth-order valence-corrected chi connectivity index (χ4v) is 2.55. The van der Waals surface area contributed by atoms with Crippen LogP contribution >= 0.6 is 0 Å². The average molecular weight is 364 g/mol. The van der Waals surface area contributed by atoms with Crippen LogP contribution in [0.4, 0.5) is 13.2 Å². The van der Waals surface area contributed by atoms with Crippen molar-refractivity contribution in [2.75, 3.05) is 6.54 Å². The Kier molecular flexibility index (Phi) is 7.60. The number of amides is 2. The van der Waals surface area contributed by atoms with E-state index in [1.807, 2.05) is 0 Å². The molecule has 25 heavy (non-hydrogen) atoms. The van der Waals surface area contributed by atoms with Crippen molar-refractivity contribution in [3.63, 3.8) is 0 Å². The molecule has 0 fully saturated rings. The predicted octanol–water partition coefficient (Wildman–Crippen LogP) is 2.10. The maximum absolute atomic E-state index is 13.1. The molecule has 0 radical (unpaired) electrons. The van der Waals surface area contributed by atoms with E-state index in [9.17, 15) is 27.6 Å². The van der Waals surface area contributed by atoms with Crippen molar-refractivity contribution in [2.24, 2.45) is 5.92 Å². The third-order valence-electron chi connectivity index (χ3n) is 3.98. The standard InChI is InChI=1S/C16H23F3N2O4/c1-10(2)14(15(24)25)20-11(16(17,18)19)6-4-3-5-9-21-12(22)7-8-13(21)23/h7-8,10-11,14,20H,3-6,9H2,1-2H3,(H,24,25)/t11-,14-/m0/s1. The van der Waals surface area contributed by atoms with Crippen LogP contribution in [0.5, 0.6) is 0 Å². The lowest BCUT2D eigenvalue weighted by molar-refractivity contribution is -0.164. The molecular weight excluding hydrogens is 341 g/mol. The zero-order valence-electron chi connectivity index (χ0n) is 14.2. The van der Waals surface area contributed by atoms with Gasteiger partial charge in [0.1, 0.15) is 12.1 Å². The van der Waals surface area contributed by atoms with Crippen molar-refractivity contribution < 1.29 is 32.7 Å². The monoisotopic (exact) mass is 364 g/mol. The molecule has 2 amide bonds. The number of hydrogen-bond acceptors (Lipinski definition) is 4. The second-order valence-corrected chi connectivity index (χ2v) is 6.33. The molecule has 0 aromatic carbocycles. The van der Waals surface area contributed by atoms with Crippen LogP contribution in [0, 0.1) is 5.92 Å². The number of carbonyl (C=O) groups is 3. The lowest BCUT2D eigenvalue weighted by atomic mass is 10.0. The van der Waals surface area contributed by atoms with Gasteiger partial charge in [-0.1, -0.05) is 26.7 Å². The van der Waals surface area contributed by atoms with Gasteiger partial charge in [0.25, 0.3) is 11.8 Å². The fourth-order valence-electron chi connectivity index (χ4n) is 2.55. The van der Waals surface area contributed by atoms with Crippen LogP contribution in [0.25, 0.3) is 0 Å². The van der Waals surface area contributed by atoms with E-state index in [2.05, 4.69) is 5.32 Å².